The number of amides is 4. The molecule has 0 bridgehead atoms. The molecule has 2 aliphatic rings. The van der Waals surface area contributed by atoms with E-state index in [-0.39, 0.29) is 29.9 Å². The number of hydrogen-bond donors (Lipinski definition) is 3. The second-order valence-corrected chi connectivity index (χ2v) is 11.2. The highest BCUT2D eigenvalue weighted by atomic mass is 32.1. The van der Waals surface area contributed by atoms with Crippen LogP contribution < -0.4 is 25.6 Å². The molecule has 212 valence electrons. The van der Waals surface area contributed by atoms with Crippen LogP contribution in [0.2, 0.25) is 0 Å². The number of allylic oxidation sites excluding steroid dienone is 4. The van der Waals surface area contributed by atoms with Crippen LogP contribution in [0.3, 0.4) is 0 Å². The van der Waals surface area contributed by atoms with Gasteiger partial charge in [0.25, 0.3) is 5.91 Å². The van der Waals surface area contributed by atoms with Gasteiger partial charge in [-0.3, -0.25) is 14.5 Å². The molecular formula is C31H33N5O4S. The first kappa shape index (κ1) is 28.1. The zero-order valence-electron chi connectivity index (χ0n) is 23.3. The highest BCUT2D eigenvalue weighted by molar-refractivity contribution is 7.21. The van der Waals surface area contributed by atoms with Crippen LogP contribution in [0.5, 0.6) is 5.75 Å². The summed E-state index contributed by atoms with van der Waals surface area (Å²) in [5, 5.41) is 9.78. The van der Waals surface area contributed by atoms with Gasteiger partial charge in [0, 0.05) is 30.9 Å². The van der Waals surface area contributed by atoms with Gasteiger partial charge < -0.3 is 20.7 Å². The quantitative estimate of drug-likeness (QED) is 0.218. The molecule has 0 spiro atoms. The van der Waals surface area contributed by atoms with E-state index < -0.39 is 0 Å². The molecule has 1 aliphatic heterocycles. The molecule has 1 aliphatic carbocycles. The van der Waals surface area contributed by atoms with E-state index in [4.69, 9.17) is 4.74 Å². The summed E-state index contributed by atoms with van der Waals surface area (Å²) in [4.78, 5) is 45.5. The van der Waals surface area contributed by atoms with Crippen LogP contribution in [0.15, 0.2) is 78.4 Å². The highest BCUT2D eigenvalue weighted by Crippen LogP contribution is 2.45. The molecule has 9 nitrogen and oxygen atoms in total. The molecule has 10 heteroatoms. The molecule has 0 saturated heterocycles. The normalized spacial score (nSPS) is 19.2. The molecule has 2 aromatic heterocycles. The third-order valence-electron chi connectivity index (χ3n) is 7.37. The number of rotatable bonds is 8. The minimum Gasteiger partial charge on any atom is -0.457 e. The Hall–Kier alpha value is -4.44. The van der Waals surface area contributed by atoms with Gasteiger partial charge in [0.15, 0.2) is 0 Å². The van der Waals surface area contributed by atoms with Crippen molar-refractivity contribution in [3.05, 3.63) is 83.2 Å². The van der Waals surface area contributed by atoms with Gasteiger partial charge in [-0.15, -0.1) is 11.3 Å². The van der Waals surface area contributed by atoms with E-state index >= 15 is 0 Å². The standard InChI is InChI=1S/C31H33N5O4S/c1-5-23(40-24-9-7-6-8-10-24)17-18(2)19(3)36-25-15-16-32-30-26(25)27(35-31(36)39)28(41-30)29(38)34-22-13-11-21(12-14-22)33-20(4)37/h5-10,15-17,21-22H,1,11-14H2,2-4H3,(H,33,37)(H,34,38)(H,35,39)/b19-18+,23-17+. The van der Waals surface area contributed by atoms with Gasteiger partial charge >= 0.3 is 6.03 Å². The number of pyridine rings is 1. The fourth-order valence-electron chi connectivity index (χ4n) is 5.25. The molecule has 3 heterocycles. The van der Waals surface area contributed by atoms with E-state index in [0.29, 0.717) is 38.3 Å². The SMILES string of the molecule is C=C/C(=C\C(C)=C(/C)N1C(=O)Nc2c(C(=O)NC3CCC(NC(C)=O)CC3)sc3nccc1c23)Oc1ccccc1. The summed E-state index contributed by atoms with van der Waals surface area (Å²) in [5.74, 6) is 0.968. The molecule has 3 N–H and O–H groups in total. The van der Waals surface area contributed by atoms with Crippen LogP contribution in [-0.4, -0.2) is 34.9 Å². The lowest BCUT2D eigenvalue weighted by atomic mass is 9.91. The number of carbonyl (C=O) groups is 3. The molecule has 41 heavy (non-hydrogen) atoms. The topological polar surface area (TPSA) is 113 Å². The van der Waals surface area contributed by atoms with E-state index in [0.717, 1.165) is 36.6 Å². The van der Waals surface area contributed by atoms with Crippen molar-refractivity contribution in [1.82, 2.24) is 15.6 Å². The largest absolute Gasteiger partial charge is 0.457 e. The van der Waals surface area contributed by atoms with Crippen LogP contribution in [0.4, 0.5) is 16.2 Å². The molecule has 0 atom stereocenters. The molecule has 5 rings (SSSR count). The van der Waals surface area contributed by atoms with Crippen molar-refractivity contribution in [2.24, 2.45) is 0 Å². The number of para-hydroxylation sites is 1. The zero-order chi connectivity index (χ0) is 29.1. The van der Waals surface area contributed by atoms with Crippen LogP contribution >= 0.6 is 11.3 Å². The molecule has 3 aromatic rings. The summed E-state index contributed by atoms with van der Waals surface area (Å²) in [6, 6.07) is 11.0. The molecule has 1 fully saturated rings. The molecule has 0 radical (unpaired) electrons. The first-order valence-corrected chi connectivity index (χ1v) is 14.4. The average molecular weight is 572 g/mol. The van der Waals surface area contributed by atoms with Gasteiger partial charge in [-0.05, 0) is 75.5 Å². The van der Waals surface area contributed by atoms with E-state index in [9.17, 15) is 14.4 Å². The molecule has 1 saturated carbocycles. The number of nitrogens with zero attached hydrogens (tertiary/aromatic N) is 2. The maximum Gasteiger partial charge on any atom is 0.330 e. The Bertz CT molecular complexity index is 1570. The van der Waals surface area contributed by atoms with E-state index in [2.05, 4.69) is 27.5 Å². The maximum atomic E-state index is 13.5. The van der Waals surface area contributed by atoms with Crippen molar-refractivity contribution in [1.29, 1.82) is 0 Å². The zero-order valence-corrected chi connectivity index (χ0v) is 24.1. The predicted molar refractivity (Wildman–Crippen MR) is 162 cm³/mol. The molecule has 4 amide bonds. The summed E-state index contributed by atoms with van der Waals surface area (Å²) < 4.78 is 5.95. The summed E-state index contributed by atoms with van der Waals surface area (Å²) in [5.41, 5.74) is 2.65. The van der Waals surface area contributed by atoms with Crippen LogP contribution in [-0.2, 0) is 4.79 Å². The summed E-state index contributed by atoms with van der Waals surface area (Å²) in [7, 11) is 0. The predicted octanol–water partition coefficient (Wildman–Crippen LogP) is 6.27. The molecule has 0 unspecified atom stereocenters. The van der Waals surface area contributed by atoms with Gasteiger partial charge in [0.2, 0.25) is 5.91 Å². The summed E-state index contributed by atoms with van der Waals surface area (Å²) >= 11 is 1.27. The minimum absolute atomic E-state index is 0.00455. The Balaban J connectivity index is 1.40. The van der Waals surface area contributed by atoms with Gasteiger partial charge in [0.05, 0.1) is 16.8 Å². The lowest BCUT2D eigenvalue weighted by molar-refractivity contribution is -0.119. The van der Waals surface area contributed by atoms with Crippen LogP contribution in [0.25, 0.3) is 10.2 Å². The molecule has 1 aromatic carbocycles. The Morgan fingerprint density at radius 3 is 2.41 bits per heavy atom. The maximum absolute atomic E-state index is 13.5. The Kier molecular flexibility index (Phi) is 8.21. The average Bonchev–Trinajstić information content (AvgIpc) is 3.33. The summed E-state index contributed by atoms with van der Waals surface area (Å²) in [6.45, 7) is 9.15. The number of ether oxygens (including phenoxy) is 1. The highest BCUT2D eigenvalue weighted by Gasteiger charge is 2.34. The number of carbonyl (C=O) groups excluding carboxylic acids is 3. The van der Waals surface area contributed by atoms with E-state index in [1.807, 2.05) is 50.3 Å². The van der Waals surface area contributed by atoms with Gasteiger partial charge in [-0.2, -0.15) is 0 Å². The first-order chi connectivity index (χ1) is 19.7. The summed E-state index contributed by atoms with van der Waals surface area (Å²) in [6.07, 6.45) is 8.29. The fraction of sp³-hybridized carbons (Fsp3) is 0.290. The number of nitrogens with one attached hydrogen (secondary N) is 3. The number of hydrogen-bond acceptors (Lipinski definition) is 6. The van der Waals surface area contributed by atoms with Crippen molar-refractivity contribution in [3.8, 4) is 5.75 Å². The van der Waals surface area contributed by atoms with Gasteiger partial charge in [0.1, 0.15) is 21.2 Å². The number of benzene rings is 1. The van der Waals surface area contributed by atoms with Crippen molar-refractivity contribution < 1.29 is 19.1 Å². The van der Waals surface area contributed by atoms with Crippen molar-refractivity contribution in [2.45, 2.75) is 58.5 Å². The Morgan fingerprint density at radius 1 is 1.07 bits per heavy atom. The second kappa shape index (κ2) is 12.0. The number of urea groups is 1. The number of thiophene rings is 1. The smallest absolute Gasteiger partial charge is 0.330 e. The van der Waals surface area contributed by atoms with Crippen molar-refractivity contribution in [2.75, 3.05) is 10.2 Å². The van der Waals surface area contributed by atoms with Crippen molar-refractivity contribution in [3.63, 3.8) is 0 Å². The fourth-order valence-corrected chi connectivity index (χ4v) is 6.27. The van der Waals surface area contributed by atoms with E-state index in [1.54, 1.807) is 23.2 Å². The number of anilines is 2. The molecular weight excluding hydrogens is 538 g/mol. The first-order valence-electron chi connectivity index (χ1n) is 13.6. The monoisotopic (exact) mass is 571 g/mol. The lowest BCUT2D eigenvalue weighted by Crippen LogP contribution is -2.43. The number of aromatic nitrogens is 1. The Labute approximate surface area is 243 Å². The third-order valence-corrected chi connectivity index (χ3v) is 8.46. The van der Waals surface area contributed by atoms with Crippen LogP contribution in [0, 0.1) is 0 Å². The van der Waals surface area contributed by atoms with Gasteiger partial charge in [-0.25, -0.2) is 9.78 Å². The minimum atomic E-state index is -0.359. The van der Waals surface area contributed by atoms with Gasteiger partial charge in [-0.1, -0.05) is 24.8 Å². The van der Waals surface area contributed by atoms with Crippen molar-refractivity contribution >= 4 is 50.8 Å². The van der Waals surface area contributed by atoms with E-state index in [1.165, 1.54) is 18.3 Å². The second-order valence-electron chi connectivity index (χ2n) is 10.2. The third kappa shape index (κ3) is 6.02. The Morgan fingerprint density at radius 2 is 1.76 bits per heavy atom. The lowest BCUT2D eigenvalue weighted by Gasteiger charge is -2.30. The van der Waals surface area contributed by atoms with Crippen LogP contribution in [0.1, 0.15) is 56.1 Å².